The van der Waals surface area contributed by atoms with Crippen molar-refractivity contribution in [1.82, 2.24) is 5.32 Å². The molecule has 1 unspecified atom stereocenters. The van der Waals surface area contributed by atoms with Crippen molar-refractivity contribution in [3.8, 4) is 5.75 Å². The molecule has 4 heteroatoms. The van der Waals surface area contributed by atoms with E-state index in [4.69, 9.17) is 4.74 Å². The Bertz CT molecular complexity index is 627. The molecule has 0 aliphatic carbocycles. The smallest absolute Gasteiger partial charge is 0.123 e. The minimum absolute atomic E-state index is 0.00435. The van der Waals surface area contributed by atoms with Crippen molar-refractivity contribution in [3.05, 3.63) is 65.2 Å². The second-order valence-electron chi connectivity index (χ2n) is 5.38. The number of halogens is 2. The molecule has 2 nitrogen and oxygen atoms in total. The Balaban J connectivity index is 1.56. The highest BCUT2D eigenvalue weighted by molar-refractivity contribution is 5.38. The van der Waals surface area contributed by atoms with E-state index < -0.39 is 0 Å². The van der Waals surface area contributed by atoms with Crippen molar-refractivity contribution in [1.29, 1.82) is 0 Å². The Morgan fingerprint density at radius 2 is 1.86 bits per heavy atom. The fourth-order valence-corrected chi connectivity index (χ4v) is 2.58. The van der Waals surface area contributed by atoms with Gasteiger partial charge in [-0.2, -0.15) is 0 Å². The van der Waals surface area contributed by atoms with E-state index >= 15 is 0 Å². The first-order valence-electron chi connectivity index (χ1n) is 7.06. The summed E-state index contributed by atoms with van der Waals surface area (Å²) in [5.41, 5.74) is 1.94. The summed E-state index contributed by atoms with van der Waals surface area (Å²) < 4.78 is 31.8. The number of nitrogens with one attached hydrogen (secondary N) is 1. The molecule has 0 bridgehead atoms. The molecular weight excluding hydrogens is 272 g/mol. The highest BCUT2D eigenvalue weighted by Crippen LogP contribution is 2.29. The monoisotopic (exact) mass is 289 g/mol. The van der Waals surface area contributed by atoms with Crippen LogP contribution in [0.4, 0.5) is 8.78 Å². The van der Waals surface area contributed by atoms with E-state index in [2.05, 4.69) is 5.32 Å². The molecule has 0 fully saturated rings. The van der Waals surface area contributed by atoms with Crippen LogP contribution in [-0.4, -0.2) is 12.6 Å². The fraction of sp³-hybridized carbons (Fsp3) is 0.294. The first-order chi connectivity index (χ1) is 10.1. The molecule has 0 amide bonds. The molecule has 0 radical (unpaired) electrons. The van der Waals surface area contributed by atoms with Crippen LogP contribution in [0.1, 0.15) is 24.1 Å². The zero-order valence-corrected chi connectivity index (χ0v) is 11.8. The largest absolute Gasteiger partial charge is 0.488 e. The van der Waals surface area contributed by atoms with Crippen molar-refractivity contribution in [2.45, 2.75) is 25.5 Å². The zero-order chi connectivity index (χ0) is 14.8. The average molecular weight is 289 g/mol. The van der Waals surface area contributed by atoms with Gasteiger partial charge < -0.3 is 10.1 Å². The van der Waals surface area contributed by atoms with Crippen LogP contribution in [0.3, 0.4) is 0 Å². The highest BCUT2D eigenvalue weighted by Gasteiger charge is 2.23. The van der Waals surface area contributed by atoms with Gasteiger partial charge in [-0.25, -0.2) is 8.78 Å². The average Bonchev–Trinajstić information content (AvgIpc) is 2.87. The number of hydrogen-bond acceptors (Lipinski definition) is 2. The molecule has 1 heterocycles. The summed E-state index contributed by atoms with van der Waals surface area (Å²) in [7, 11) is 0. The molecule has 21 heavy (non-hydrogen) atoms. The minimum Gasteiger partial charge on any atom is -0.488 e. The Kier molecular flexibility index (Phi) is 3.88. The molecule has 3 rings (SSSR count). The second kappa shape index (κ2) is 5.82. The van der Waals surface area contributed by atoms with E-state index in [1.54, 1.807) is 18.2 Å². The summed E-state index contributed by atoms with van der Waals surface area (Å²) in [6, 6.07) is 11.2. The van der Waals surface area contributed by atoms with Gasteiger partial charge in [-0.15, -0.1) is 0 Å². The van der Waals surface area contributed by atoms with Gasteiger partial charge in [0.2, 0.25) is 0 Å². The Labute approximate surface area is 122 Å². The van der Waals surface area contributed by atoms with Crippen LogP contribution in [0.15, 0.2) is 42.5 Å². The molecule has 0 saturated heterocycles. The van der Waals surface area contributed by atoms with Gasteiger partial charge in [0.1, 0.15) is 23.5 Å². The molecule has 2 aromatic rings. The van der Waals surface area contributed by atoms with Gasteiger partial charge in [0, 0.05) is 24.6 Å². The predicted octanol–water partition coefficient (Wildman–Crippen LogP) is 3.62. The van der Waals surface area contributed by atoms with E-state index in [0.29, 0.717) is 13.0 Å². The summed E-state index contributed by atoms with van der Waals surface area (Å²) in [6.45, 7) is 2.68. The number of benzene rings is 2. The third-order valence-corrected chi connectivity index (χ3v) is 3.79. The maximum atomic E-state index is 13.2. The molecule has 1 aliphatic heterocycles. The van der Waals surface area contributed by atoms with Gasteiger partial charge in [-0.05, 0) is 42.8 Å². The SMILES string of the molecule is C[C@H](NCC1Cc2cc(F)ccc2O1)c1ccc(F)cc1. The first kappa shape index (κ1) is 14.0. The van der Waals surface area contributed by atoms with Crippen LogP contribution >= 0.6 is 0 Å². The Hall–Kier alpha value is -1.94. The molecule has 0 saturated carbocycles. The van der Waals surface area contributed by atoms with E-state index in [0.717, 1.165) is 16.9 Å². The maximum Gasteiger partial charge on any atom is 0.123 e. The summed E-state index contributed by atoms with van der Waals surface area (Å²) in [5, 5.41) is 3.37. The van der Waals surface area contributed by atoms with Crippen LogP contribution in [0.2, 0.25) is 0 Å². The topological polar surface area (TPSA) is 21.3 Å². The lowest BCUT2D eigenvalue weighted by molar-refractivity contribution is 0.222. The molecule has 1 aliphatic rings. The van der Waals surface area contributed by atoms with Crippen molar-refractivity contribution >= 4 is 0 Å². The summed E-state index contributed by atoms with van der Waals surface area (Å²) in [4.78, 5) is 0. The Morgan fingerprint density at radius 1 is 1.14 bits per heavy atom. The van der Waals surface area contributed by atoms with Gasteiger partial charge in [-0.1, -0.05) is 12.1 Å². The molecule has 0 spiro atoms. The van der Waals surface area contributed by atoms with E-state index in [1.807, 2.05) is 6.92 Å². The van der Waals surface area contributed by atoms with Gasteiger partial charge in [0.25, 0.3) is 0 Å². The number of hydrogen-bond donors (Lipinski definition) is 1. The first-order valence-corrected chi connectivity index (χ1v) is 7.06. The number of ether oxygens (including phenoxy) is 1. The lowest BCUT2D eigenvalue weighted by Crippen LogP contribution is -2.31. The summed E-state index contributed by atoms with van der Waals surface area (Å²) in [6.07, 6.45) is 0.709. The third-order valence-electron chi connectivity index (χ3n) is 3.79. The van der Waals surface area contributed by atoms with E-state index in [1.165, 1.54) is 24.3 Å². The van der Waals surface area contributed by atoms with Gasteiger partial charge >= 0.3 is 0 Å². The molecular formula is C17H17F2NO. The van der Waals surface area contributed by atoms with Crippen molar-refractivity contribution in [3.63, 3.8) is 0 Å². The zero-order valence-electron chi connectivity index (χ0n) is 11.8. The molecule has 2 atom stereocenters. The second-order valence-corrected chi connectivity index (χ2v) is 5.38. The van der Waals surface area contributed by atoms with Crippen LogP contribution < -0.4 is 10.1 Å². The Morgan fingerprint density at radius 3 is 2.62 bits per heavy atom. The van der Waals surface area contributed by atoms with Crippen LogP contribution in [0, 0.1) is 11.6 Å². The minimum atomic E-state index is -0.234. The van der Waals surface area contributed by atoms with Crippen LogP contribution in [0.25, 0.3) is 0 Å². The van der Waals surface area contributed by atoms with E-state index in [9.17, 15) is 8.78 Å². The lowest BCUT2D eigenvalue weighted by atomic mass is 10.1. The van der Waals surface area contributed by atoms with Crippen molar-refractivity contribution in [2.75, 3.05) is 6.54 Å². The van der Waals surface area contributed by atoms with Gasteiger partial charge in [0.05, 0.1) is 0 Å². The van der Waals surface area contributed by atoms with Crippen molar-refractivity contribution < 1.29 is 13.5 Å². The van der Waals surface area contributed by atoms with Gasteiger partial charge in [-0.3, -0.25) is 0 Å². The number of fused-ring (bicyclic) bond motifs is 1. The lowest BCUT2D eigenvalue weighted by Gasteiger charge is -2.17. The molecule has 0 aromatic heterocycles. The fourth-order valence-electron chi connectivity index (χ4n) is 2.58. The molecule has 1 N–H and O–H groups in total. The normalized spacial score (nSPS) is 18.1. The predicted molar refractivity (Wildman–Crippen MR) is 77.3 cm³/mol. The highest BCUT2D eigenvalue weighted by atomic mass is 19.1. The van der Waals surface area contributed by atoms with Crippen LogP contribution in [-0.2, 0) is 6.42 Å². The standard InChI is InChI=1S/C17H17F2NO/c1-11(12-2-4-14(18)5-3-12)20-10-16-9-13-8-15(19)6-7-17(13)21-16/h2-8,11,16,20H,9-10H2,1H3/t11-,16?/m0/s1. The van der Waals surface area contributed by atoms with Crippen LogP contribution in [0.5, 0.6) is 5.75 Å². The summed E-state index contributed by atoms with van der Waals surface area (Å²) >= 11 is 0. The number of rotatable bonds is 4. The third kappa shape index (κ3) is 3.22. The quantitative estimate of drug-likeness (QED) is 0.928. The molecule has 110 valence electrons. The van der Waals surface area contributed by atoms with E-state index in [-0.39, 0.29) is 23.8 Å². The van der Waals surface area contributed by atoms with Crippen molar-refractivity contribution in [2.24, 2.45) is 0 Å². The molecule has 2 aromatic carbocycles. The maximum absolute atomic E-state index is 13.2. The summed E-state index contributed by atoms with van der Waals surface area (Å²) in [5.74, 6) is 0.297. The van der Waals surface area contributed by atoms with Gasteiger partial charge in [0.15, 0.2) is 0 Å².